The highest BCUT2D eigenvalue weighted by atomic mass is 16.5. The molecule has 3 aromatic rings. The van der Waals surface area contributed by atoms with Gasteiger partial charge in [-0.1, -0.05) is 0 Å². The number of hydrogen-bond acceptors (Lipinski definition) is 4. The van der Waals surface area contributed by atoms with Crippen LogP contribution in [0.4, 0.5) is 11.4 Å². The minimum absolute atomic E-state index is 0.0583. The lowest BCUT2D eigenvalue weighted by Gasteiger charge is -2.08. The summed E-state index contributed by atoms with van der Waals surface area (Å²) in [5.41, 5.74) is 2.42. The number of carbonyl (C=O) groups excluding carboxylic acids is 2. The monoisotopic (exact) mass is 350 g/mol. The molecule has 132 valence electrons. The quantitative estimate of drug-likeness (QED) is 0.741. The van der Waals surface area contributed by atoms with Crippen molar-refractivity contribution >= 4 is 28.8 Å². The van der Waals surface area contributed by atoms with E-state index in [9.17, 15) is 9.59 Å². The van der Waals surface area contributed by atoms with Gasteiger partial charge in [0.05, 0.1) is 13.3 Å². The molecule has 0 bridgehead atoms. The van der Waals surface area contributed by atoms with Gasteiger partial charge in [0.2, 0.25) is 5.91 Å². The maximum atomic E-state index is 12.5. The van der Waals surface area contributed by atoms with Crippen LogP contribution in [-0.2, 0) is 4.79 Å². The van der Waals surface area contributed by atoms with Crippen molar-refractivity contribution < 1.29 is 14.3 Å². The molecule has 7 nitrogen and oxygen atoms in total. The van der Waals surface area contributed by atoms with E-state index < -0.39 is 0 Å². The van der Waals surface area contributed by atoms with Crippen LogP contribution >= 0.6 is 0 Å². The number of amides is 2. The zero-order chi connectivity index (χ0) is 18.1. The molecule has 26 heavy (non-hydrogen) atoms. The third-order valence-electron chi connectivity index (χ3n) is 4.31. The number of anilines is 2. The molecule has 1 aromatic carbocycles. The average Bonchev–Trinajstić information content (AvgIpc) is 3.42. The van der Waals surface area contributed by atoms with Crippen LogP contribution in [0.25, 0.3) is 5.65 Å². The van der Waals surface area contributed by atoms with Crippen molar-refractivity contribution in [3.63, 3.8) is 0 Å². The van der Waals surface area contributed by atoms with Gasteiger partial charge in [-0.2, -0.15) is 0 Å². The molecule has 2 aromatic heterocycles. The van der Waals surface area contributed by atoms with Gasteiger partial charge in [0.25, 0.3) is 5.91 Å². The predicted molar refractivity (Wildman–Crippen MR) is 97.5 cm³/mol. The molecule has 4 rings (SSSR count). The number of benzene rings is 1. The first-order valence-electron chi connectivity index (χ1n) is 8.37. The SMILES string of the molecule is COc1ccn2c(C(=O)Nc3ccc(NC(=O)C4CC4)cc3)cnc2c1. The zero-order valence-corrected chi connectivity index (χ0v) is 14.2. The van der Waals surface area contributed by atoms with Gasteiger partial charge in [-0.3, -0.25) is 14.0 Å². The highest BCUT2D eigenvalue weighted by Crippen LogP contribution is 2.30. The van der Waals surface area contributed by atoms with Crippen LogP contribution in [0.15, 0.2) is 48.8 Å². The van der Waals surface area contributed by atoms with E-state index in [0.29, 0.717) is 22.8 Å². The number of nitrogens with zero attached hydrogens (tertiary/aromatic N) is 2. The van der Waals surface area contributed by atoms with E-state index >= 15 is 0 Å². The molecular weight excluding hydrogens is 332 g/mol. The van der Waals surface area contributed by atoms with Gasteiger partial charge in [0, 0.05) is 29.6 Å². The van der Waals surface area contributed by atoms with Crippen LogP contribution in [0.5, 0.6) is 5.75 Å². The number of methoxy groups -OCH3 is 1. The molecule has 2 amide bonds. The third-order valence-corrected chi connectivity index (χ3v) is 4.31. The summed E-state index contributed by atoms with van der Waals surface area (Å²) >= 11 is 0. The summed E-state index contributed by atoms with van der Waals surface area (Å²) in [5.74, 6) is 0.627. The molecule has 0 spiro atoms. The summed E-state index contributed by atoms with van der Waals surface area (Å²) in [6.07, 6.45) is 5.19. The van der Waals surface area contributed by atoms with Crippen molar-refractivity contribution in [2.75, 3.05) is 17.7 Å². The van der Waals surface area contributed by atoms with Gasteiger partial charge in [-0.25, -0.2) is 4.98 Å². The minimum atomic E-state index is -0.266. The smallest absolute Gasteiger partial charge is 0.274 e. The number of nitrogens with one attached hydrogen (secondary N) is 2. The second-order valence-corrected chi connectivity index (χ2v) is 6.23. The number of ether oxygens (including phenoxy) is 1. The Bertz CT molecular complexity index is 974. The van der Waals surface area contributed by atoms with Crippen molar-refractivity contribution in [2.45, 2.75) is 12.8 Å². The van der Waals surface area contributed by atoms with Crippen LogP contribution in [0.1, 0.15) is 23.3 Å². The van der Waals surface area contributed by atoms with Crippen molar-refractivity contribution in [2.24, 2.45) is 5.92 Å². The summed E-state index contributed by atoms with van der Waals surface area (Å²) in [4.78, 5) is 28.5. The molecule has 1 aliphatic rings. The molecule has 0 saturated heterocycles. The maximum absolute atomic E-state index is 12.5. The molecule has 7 heteroatoms. The number of pyridine rings is 1. The number of fused-ring (bicyclic) bond motifs is 1. The number of imidazole rings is 1. The minimum Gasteiger partial charge on any atom is -0.497 e. The Balaban J connectivity index is 1.46. The molecule has 2 N–H and O–H groups in total. The van der Waals surface area contributed by atoms with Gasteiger partial charge < -0.3 is 15.4 Å². The lowest BCUT2D eigenvalue weighted by atomic mass is 10.2. The standard InChI is InChI=1S/C19H18N4O3/c1-26-15-8-9-23-16(11-20-17(23)10-15)19(25)22-14-6-4-13(5-7-14)21-18(24)12-2-3-12/h4-12H,2-3H2,1H3,(H,21,24)(H,22,25). The molecule has 1 aliphatic carbocycles. The molecule has 0 aliphatic heterocycles. The van der Waals surface area contributed by atoms with Gasteiger partial charge in [-0.15, -0.1) is 0 Å². The van der Waals surface area contributed by atoms with Crippen LogP contribution < -0.4 is 15.4 Å². The molecule has 0 unspecified atom stereocenters. The summed E-state index contributed by atoms with van der Waals surface area (Å²) in [6.45, 7) is 0. The first kappa shape index (κ1) is 16.1. The van der Waals surface area contributed by atoms with E-state index in [1.165, 1.54) is 6.20 Å². The first-order chi connectivity index (χ1) is 12.6. The predicted octanol–water partition coefficient (Wildman–Crippen LogP) is 2.94. The Labute approximate surface area is 150 Å². The highest BCUT2D eigenvalue weighted by Gasteiger charge is 2.29. The third kappa shape index (κ3) is 3.23. The zero-order valence-electron chi connectivity index (χ0n) is 14.2. The van der Waals surface area contributed by atoms with E-state index in [1.807, 2.05) is 0 Å². The normalized spacial score (nSPS) is 13.4. The van der Waals surface area contributed by atoms with Crippen LogP contribution in [0.2, 0.25) is 0 Å². The lowest BCUT2D eigenvalue weighted by Crippen LogP contribution is -2.15. The van der Waals surface area contributed by atoms with E-state index in [2.05, 4.69) is 15.6 Å². The van der Waals surface area contributed by atoms with E-state index in [4.69, 9.17) is 4.74 Å². The van der Waals surface area contributed by atoms with Crippen molar-refractivity contribution in [1.29, 1.82) is 0 Å². The average molecular weight is 350 g/mol. The molecule has 1 saturated carbocycles. The second-order valence-electron chi connectivity index (χ2n) is 6.23. The second kappa shape index (κ2) is 6.51. The maximum Gasteiger partial charge on any atom is 0.274 e. The summed E-state index contributed by atoms with van der Waals surface area (Å²) < 4.78 is 6.86. The van der Waals surface area contributed by atoms with Crippen LogP contribution in [0, 0.1) is 5.92 Å². The van der Waals surface area contributed by atoms with Crippen molar-refractivity contribution in [3.8, 4) is 5.75 Å². The topological polar surface area (TPSA) is 84.7 Å². The molecule has 0 atom stereocenters. The van der Waals surface area contributed by atoms with Gasteiger partial charge in [0.1, 0.15) is 17.1 Å². The molecule has 1 fully saturated rings. The van der Waals surface area contributed by atoms with E-state index in [0.717, 1.165) is 18.5 Å². The largest absolute Gasteiger partial charge is 0.497 e. The lowest BCUT2D eigenvalue weighted by molar-refractivity contribution is -0.117. The molecular formula is C19H18N4O3. The summed E-state index contributed by atoms with van der Waals surface area (Å²) in [7, 11) is 1.58. The summed E-state index contributed by atoms with van der Waals surface area (Å²) in [5, 5.41) is 5.71. The number of hydrogen-bond donors (Lipinski definition) is 2. The number of rotatable bonds is 5. The van der Waals surface area contributed by atoms with Crippen molar-refractivity contribution in [3.05, 3.63) is 54.5 Å². The Morgan fingerprint density at radius 1 is 1.12 bits per heavy atom. The first-order valence-corrected chi connectivity index (χ1v) is 8.37. The Kier molecular flexibility index (Phi) is 4.04. The van der Waals surface area contributed by atoms with Gasteiger partial charge in [-0.05, 0) is 43.2 Å². The van der Waals surface area contributed by atoms with Crippen molar-refractivity contribution in [1.82, 2.24) is 9.38 Å². The number of carbonyl (C=O) groups is 2. The van der Waals surface area contributed by atoms with Gasteiger partial charge >= 0.3 is 0 Å². The Hall–Kier alpha value is -3.35. The fourth-order valence-electron chi connectivity index (χ4n) is 2.68. The van der Waals surface area contributed by atoms with E-state index in [-0.39, 0.29) is 17.7 Å². The molecule has 0 radical (unpaired) electrons. The fourth-order valence-corrected chi connectivity index (χ4v) is 2.68. The van der Waals surface area contributed by atoms with Crippen LogP contribution in [-0.4, -0.2) is 28.3 Å². The van der Waals surface area contributed by atoms with Crippen LogP contribution in [0.3, 0.4) is 0 Å². The number of aromatic nitrogens is 2. The highest BCUT2D eigenvalue weighted by molar-refractivity contribution is 6.03. The Morgan fingerprint density at radius 2 is 1.81 bits per heavy atom. The Morgan fingerprint density at radius 3 is 2.46 bits per heavy atom. The van der Waals surface area contributed by atoms with E-state index in [1.54, 1.807) is 54.1 Å². The van der Waals surface area contributed by atoms with Gasteiger partial charge in [0.15, 0.2) is 0 Å². The fraction of sp³-hybridized carbons (Fsp3) is 0.211. The molecule has 2 heterocycles. The summed E-state index contributed by atoms with van der Waals surface area (Å²) in [6, 6.07) is 10.6.